The van der Waals surface area contributed by atoms with Crippen LogP contribution in [-0.4, -0.2) is 68.8 Å². The third kappa shape index (κ3) is 4.28. The first-order chi connectivity index (χ1) is 14.0. The number of nitrogens with one attached hydrogen (secondary N) is 1. The predicted octanol–water partition coefficient (Wildman–Crippen LogP) is 1.07. The van der Waals surface area contributed by atoms with Gasteiger partial charge in [-0.3, -0.25) is 14.6 Å². The first-order valence-corrected chi connectivity index (χ1v) is 10.3. The molecule has 4 rings (SSSR count). The lowest BCUT2D eigenvalue weighted by atomic mass is 9.91. The zero-order chi connectivity index (χ0) is 20.4. The van der Waals surface area contributed by atoms with Crippen LogP contribution in [0.2, 0.25) is 0 Å². The Morgan fingerprint density at radius 2 is 2.17 bits per heavy atom. The van der Waals surface area contributed by atoms with E-state index in [1.165, 1.54) is 0 Å². The second-order valence-electron chi connectivity index (χ2n) is 8.13. The highest BCUT2D eigenvalue weighted by molar-refractivity contribution is 5.89. The molecule has 8 heteroatoms. The van der Waals surface area contributed by atoms with Crippen LogP contribution < -0.4 is 5.32 Å². The van der Waals surface area contributed by atoms with Crippen molar-refractivity contribution in [2.24, 2.45) is 0 Å². The molecule has 2 aromatic heterocycles. The quantitative estimate of drug-likeness (QED) is 0.783. The number of hydrogen-bond acceptors (Lipinski definition) is 5. The molecule has 2 aliphatic rings. The summed E-state index contributed by atoms with van der Waals surface area (Å²) in [5, 5.41) is 13.8. The van der Waals surface area contributed by atoms with Crippen molar-refractivity contribution in [2.75, 3.05) is 19.7 Å². The molecule has 0 saturated carbocycles. The number of aromatic nitrogens is 2. The Morgan fingerprint density at radius 3 is 2.90 bits per heavy atom. The molecule has 0 unspecified atom stereocenters. The van der Waals surface area contributed by atoms with Crippen LogP contribution in [-0.2, 0) is 20.9 Å². The van der Waals surface area contributed by atoms with Gasteiger partial charge in [-0.05, 0) is 50.8 Å². The smallest absolute Gasteiger partial charge is 0.249 e. The number of carbonyl (C=O) groups excluding carboxylic acids is 2. The van der Waals surface area contributed by atoms with E-state index in [0.29, 0.717) is 45.5 Å². The van der Waals surface area contributed by atoms with Gasteiger partial charge < -0.3 is 24.6 Å². The molecular weight excluding hydrogens is 372 g/mol. The zero-order valence-corrected chi connectivity index (χ0v) is 16.7. The fourth-order valence-electron chi connectivity index (χ4n) is 4.20. The number of fused-ring (bicyclic) bond motifs is 1. The maximum atomic E-state index is 12.7. The molecule has 0 bridgehead atoms. The van der Waals surface area contributed by atoms with Gasteiger partial charge >= 0.3 is 0 Å². The maximum absolute atomic E-state index is 12.7. The van der Waals surface area contributed by atoms with Gasteiger partial charge in [-0.25, -0.2) is 0 Å². The van der Waals surface area contributed by atoms with Crippen LogP contribution in [0.4, 0.5) is 0 Å². The second-order valence-corrected chi connectivity index (χ2v) is 8.13. The van der Waals surface area contributed by atoms with Crippen molar-refractivity contribution >= 4 is 22.8 Å². The molecular formula is C21H28N4O4. The van der Waals surface area contributed by atoms with E-state index in [4.69, 9.17) is 4.74 Å². The Labute approximate surface area is 169 Å². The van der Waals surface area contributed by atoms with Crippen molar-refractivity contribution in [3.63, 3.8) is 0 Å². The summed E-state index contributed by atoms with van der Waals surface area (Å²) in [4.78, 5) is 31.0. The molecule has 2 amide bonds. The molecule has 0 aromatic carbocycles. The SMILES string of the molecule is C[C@@H](NC(=O)[C@@H]1CCCO1)C(=O)N1CCC(O)(Cn2ccc3ncccc32)CC1. The molecule has 2 aliphatic heterocycles. The third-order valence-corrected chi connectivity index (χ3v) is 5.96. The van der Waals surface area contributed by atoms with Crippen molar-refractivity contribution in [2.45, 2.75) is 56.9 Å². The monoisotopic (exact) mass is 400 g/mol. The standard InChI is InChI=1S/C21H28N4O4/c1-15(23-19(26)18-5-3-13-29-18)20(27)24-11-7-21(28,8-12-24)14-25-10-6-16-17(25)4-2-9-22-16/h2,4,6,9-10,15,18,28H,3,5,7-8,11-14H2,1H3,(H,23,26)/t15-,18+/m1/s1. The van der Waals surface area contributed by atoms with Gasteiger partial charge in [-0.1, -0.05) is 0 Å². The van der Waals surface area contributed by atoms with Crippen LogP contribution in [0, 0.1) is 0 Å². The van der Waals surface area contributed by atoms with Crippen molar-refractivity contribution in [1.29, 1.82) is 0 Å². The minimum atomic E-state index is -0.872. The molecule has 0 aliphatic carbocycles. The Morgan fingerprint density at radius 1 is 1.38 bits per heavy atom. The maximum Gasteiger partial charge on any atom is 0.249 e. The van der Waals surface area contributed by atoms with Gasteiger partial charge in [-0.2, -0.15) is 0 Å². The van der Waals surface area contributed by atoms with Gasteiger partial charge in [0.1, 0.15) is 12.1 Å². The summed E-state index contributed by atoms with van der Waals surface area (Å²) < 4.78 is 7.39. The fourth-order valence-corrected chi connectivity index (χ4v) is 4.20. The summed E-state index contributed by atoms with van der Waals surface area (Å²) in [6.07, 6.45) is 5.81. The lowest BCUT2D eigenvalue weighted by Crippen LogP contribution is -2.54. The van der Waals surface area contributed by atoms with Crippen LogP contribution >= 0.6 is 0 Å². The number of amides is 2. The highest BCUT2D eigenvalue weighted by Gasteiger charge is 2.36. The molecule has 2 fully saturated rings. The number of likely N-dealkylation sites (tertiary alicyclic amines) is 1. The van der Waals surface area contributed by atoms with E-state index in [9.17, 15) is 14.7 Å². The molecule has 8 nitrogen and oxygen atoms in total. The van der Waals surface area contributed by atoms with E-state index in [2.05, 4.69) is 10.3 Å². The second kappa shape index (κ2) is 8.12. The average molecular weight is 400 g/mol. The van der Waals surface area contributed by atoms with Crippen molar-refractivity contribution in [3.8, 4) is 0 Å². The number of ether oxygens (including phenoxy) is 1. The molecule has 156 valence electrons. The molecule has 2 saturated heterocycles. The number of piperidine rings is 1. The minimum Gasteiger partial charge on any atom is -0.388 e. The first-order valence-electron chi connectivity index (χ1n) is 10.3. The summed E-state index contributed by atoms with van der Waals surface area (Å²) in [5.41, 5.74) is 1.02. The molecule has 2 atom stereocenters. The van der Waals surface area contributed by atoms with E-state index in [-0.39, 0.29) is 11.8 Å². The number of hydrogen-bond donors (Lipinski definition) is 2. The average Bonchev–Trinajstić information content (AvgIpc) is 3.39. The van der Waals surface area contributed by atoms with Crippen LogP contribution in [0.15, 0.2) is 30.6 Å². The molecule has 2 aromatic rings. The number of rotatable bonds is 5. The van der Waals surface area contributed by atoms with Crippen molar-refractivity contribution < 1.29 is 19.4 Å². The van der Waals surface area contributed by atoms with Crippen molar-refractivity contribution in [1.82, 2.24) is 19.8 Å². The van der Waals surface area contributed by atoms with E-state index in [1.807, 2.05) is 29.0 Å². The van der Waals surface area contributed by atoms with Gasteiger partial charge in [0.15, 0.2) is 0 Å². The van der Waals surface area contributed by atoms with Crippen LogP contribution in [0.3, 0.4) is 0 Å². The number of nitrogens with zero attached hydrogens (tertiary/aromatic N) is 3. The normalized spacial score (nSPS) is 22.6. The van der Waals surface area contributed by atoms with Gasteiger partial charge in [-0.15, -0.1) is 0 Å². The van der Waals surface area contributed by atoms with Crippen molar-refractivity contribution in [3.05, 3.63) is 30.6 Å². The summed E-state index contributed by atoms with van der Waals surface area (Å²) >= 11 is 0. The van der Waals surface area contributed by atoms with E-state index in [1.54, 1.807) is 18.0 Å². The van der Waals surface area contributed by atoms with Gasteiger partial charge in [0.2, 0.25) is 11.8 Å². The van der Waals surface area contributed by atoms with Crippen LogP contribution in [0.1, 0.15) is 32.6 Å². The number of aliphatic hydroxyl groups is 1. The molecule has 29 heavy (non-hydrogen) atoms. The Bertz CT molecular complexity index is 882. The number of carbonyl (C=O) groups is 2. The molecule has 0 spiro atoms. The lowest BCUT2D eigenvalue weighted by Gasteiger charge is -2.39. The largest absolute Gasteiger partial charge is 0.388 e. The Kier molecular flexibility index (Phi) is 5.56. The van der Waals surface area contributed by atoms with Crippen LogP contribution in [0.25, 0.3) is 11.0 Å². The zero-order valence-electron chi connectivity index (χ0n) is 16.7. The molecule has 0 radical (unpaired) electrons. The lowest BCUT2D eigenvalue weighted by molar-refractivity contribution is -0.141. The molecule has 2 N–H and O–H groups in total. The minimum absolute atomic E-state index is 0.117. The third-order valence-electron chi connectivity index (χ3n) is 5.96. The summed E-state index contributed by atoms with van der Waals surface area (Å²) in [5.74, 6) is -0.334. The summed E-state index contributed by atoms with van der Waals surface area (Å²) in [7, 11) is 0. The Balaban J connectivity index is 1.32. The Hall–Kier alpha value is -2.45. The van der Waals surface area contributed by atoms with Gasteiger partial charge in [0.25, 0.3) is 0 Å². The predicted molar refractivity (Wildman–Crippen MR) is 107 cm³/mol. The van der Waals surface area contributed by atoms with E-state index >= 15 is 0 Å². The number of pyridine rings is 1. The van der Waals surface area contributed by atoms with E-state index in [0.717, 1.165) is 17.5 Å². The van der Waals surface area contributed by atoms with Gasteiger partial charge in [0.05, 0.1) is 23.2 Å². The topological polar surface area (TPSA) is 96.7 Å². The fraction of sp³-hybridized carbons (Fsp3) is 0.571. The highest BCUT2D eigenvalue weighted by atomic mass is 16.5. The molecule has 4 heterocycles. The van der Waals surface area contributed by atoms with E-state index < -0.39 is 17.7 Å². The van der Waals surface area contributed by atoms with Gasteiger partial charge in [0, 0.05) is 32.1 Å². The first kappa shape index (κ1) is 19.8. The van der Waals surface area contributed by atoms with Crippen LogP contribution in [0.5, 0.6) is 0 Å². The summed E-state index contributed by atoms with van der Waals surface area (Å²) in [6.45, 7) is 3.70. The summed E-state index contributed by atoms with van der Waals surface area (Å²) in [6, 6.07) is 5.21. The highest BCUT2D eigenvalue weighted by Crippen LogP contribution is 2.26.